The molecule has 4 rings (SSSR count). The highest BCUT2D eigenvalue weighted by Gasteiger charge is 2.28. The first-order chi connectivity index (χ1) is 10.3. The van der Waals surface area contributed by atoms with E-state index in [0.29, 0.717) is 12.1 Å². The van der Waals surface area contributed by atoms with Crippen LogP contribution in [0.25, 0.3) is 11.0 Å². The fourth-order valence-corrected chi connectivity index (χ4v) is 3.86. The van der Waals surface area contributed by atoms with Gasteiger partial charge in [-0.3, -0.25) is 0 Å². The number of nitrogens with zero attached hydrogens (tertiary/aromatic N) is 2. The van der Waals surface area contributed by atoms with Gasteiger partial charge in [0.1, 0.15) is 5.82 Å². The second kappa shape index (κ2) is 5.73. The first kappa shape index (κ1) is 13.8. The second-order valence-electron chi connectivity index (χ2n) is 6.45. The van der Waals surface area contributed by atoms with Crippen LogP contribution in [0.3, 0.4) is 0 Å². The van der Waals surface area contributed by atoms with Crippen molar-refractivity contribution in [2.75, 3.05) is 6.54 Å². The molecule has 2 aliphatic rings. The van der Waals surface area contributed by atoms with Gasteiger partial charge in [-0.05, 0) is 56.8 Å². The van der Waals surface area contributed by atoms with Gasteiger partial charge in [0.15, 0.2) is 0 Å². The Kier molecular flexibility index (Phi) is 3.76. The third-order valence-corrected chi connectivity index (χ3v) is 5.26. The number of halogens is 1. The van der Waals surface area contributed by atoms with Gasteiger partial charge >= 0.3 is 0 Å². The van der Waals surface area contributed by atoms with Crippen LogP contribution in [0.4, 0.5) is 0 Å². The molecule has 1 aromatic carbocycles. The molecular formula is C17H22BrN3. The number of benzene rings is 1. The topological polar surface area (TPSA) is 29.9 Å². The molecule has 4 heteroatoms. The molecule has 1 unspecified atom stereocenters. The molecule has 1 aromatic heterocycles. The molecule has 21 heavy (non-hydrogen) atoms. The number of nitrogens with one attached hydrogen (secondary N) is 1. The highest BCUT2D eigenvalue weighted by atomic mass is 79.9. The molecule has 1 aliphatic heterocycles. The van der Waals surface area contributed by atoms with Gasteiger partial charge < -0.3 is 9.88 Å². The lowest BCUT2D eigenvalue weighted by atomic mass is 10.0. The smallest absolute Gasteiger partial charge is 0.110 e. The maximum Gasteiger partial charge on any atom is 0.110 e. The molecular weight excluding hydrogens is 326 g/mol. The van der Waals surface area contributed by atoms with E-state index in [4.69, 9.17) is 4.98 Å². The molecule has 1 N–H and O–H groups in total. The molecule has 112 valence electrons. The van der Waals surface area contributed by atoms with Crippen molar-refractivity contribution in [3.05, 3.63) is 28.5 Å². The van der Waals surface area contributed by atoms with E-state index in [0.717, 1.165) is 16.4 Å². The molecule has 1 saturated heterocycles. The minimum atomic E-state index is 0.693. The summed E-state index contributed by atoms with van der Waals surface area (Å²) in [6.07, 6.45) is 8.99. The number of rotatable bonds is 4. The first-order valence-corrected chi connectivity index (χ1v) is 9.00. The molecule has 0 bridgehead atoms. The summed E-state index contributed by atoms with van der Waals surface area (Å²) in [5, 5.41) is 3.65. The molecule has 3 nitrogen and oxygen atoms in total. The number of aromatic nitrogens is 2. The largest absolute Gasteiger partial charge is 0.325 e. The van der Waals surface area contributed by atoms with Crippen molar-refractivity contribution in [1.29, 1.82) is 0 Å². The highest BCUT2D eigenvalue weighted by molar-refractivity contribution is 9.10. The lowest BCUT2D eigenvalue weighted by Crippen LogP contribution is -2.34. The average Bonchev–Trinajstić information content (AvgIpc) is 3.27. The Bertz CT molecular complexity index is 639. The van der Waals surface area contributed by atoms with Gasteiger partial charge in [0, 0.05) is 23.0 Å². The number of hydrogen-bond donors (Lipinski definition) is 1. The van der Waals surface area contributed by atoms with E-state index in [9.17, 15) is 0 Å². The van der Waals surface area contributed by atoms with E-state index in [2.05, 4.69) is 44.0 Å². The van der Waals surface area contributed by atoms with Crippen LogP contribution in [0.1, 0.15) is 50.4 Å². The summed E-state index contributed by atoms with van der Waals surface area (Å²) in [5.74, 6) is 1.29. The molecule has 1 aliphatic carbocycles. The van der Waals surface area contributed by atoms with Crippen LogP contribution >= 0.6 is 15.9 Å². The van der Waals surface area contributed by atoms with Crippen molar-refractivity contribution >= 4 is 27.0 Å². The quantitative estimate of drug-likeness (QED) is 0.897. The zero-order valence-electron chi connectivity index (χ0n) is 12.3. The van der Waals surface area contributed by atoms with Crippen molar-refractivity contribution in [3.63, 3.8) is 0 Å². The third kappa shape index (κ3) is 2.88. The van der Waals surface area contributed by atoms with Gasteiger partial charge in [0.05, 0.1) is 11.0 Å². The normalized spacial score (nSPS) is 22.8. The van der Waals surface area contributed by atoms with Gasteiger partial charge in [-0.1, -0.05) is 22.4 Å². The van der Waals surface area contributed by atoms with Gasteiger partial charge in [-0.25, -0.2) is 4.98 Å². The Morgan fingerprint density at radius 3 is 2.90 bits per heavy atom. The molecule has 0 amide bonds. The Hall–Kier alpha value is -0.870. The fourth-order valence-electron chi connectivity index (χ4n) is 3.51. The van der Waals surface area contributed by atoms with Crippen LogP contribution in [0, 0.1) is 0 Å². The van der Waals surface area contributed by atoms with Crippen LogP contribution in [-0.2, 0) is 6.42 Å². The number of aryl methyl sites for hydroxylation is 1. The Balaban J connectivity index is 1.59. The molecule has 2 aromatic rings. The van der Waals surface area contributed by atoms with Crippen LogP contribution in [0.15, 0.2) is 22.7 Å². The molecule has 0 spiro atoms. The number of hydrogen-bond acceptors (Lipinski definition) is 2. The SMILES string of the molecule is Brc1ccc2c(c1)nc(CCC1CCCCN1)n2C1CC1. The van der Waals surface area contributed by atoms with Crippen molar-refractivity contribution in [3.8, 4) is 0 Å². The number of piperidine rings is 1. The van der Waals surface area contributed by atoms with Crippen molar-refractivity contribution in [1.82, 2.24) is 14.9 Å². The van der Waals surface area contributed by atoms with E-state index in [1.807, 2.05) is 0 Å². The van der Waals surface area contributed by atoms with Crippen molar-refractivity contribution < 1.29 is 0 Å². The molecule has 2 heterocycles. The fraction of sp³-hybridized carbons (Fsp3) is 0.588. The highest BCUT2D eigenvalue weighted by Crippen LogP contribution is 2.39. The Morgan fingerprint density at radius 2 is 2.14 bits per heavy atom. The van der Waals surface area contributed by atoms with Crippen LogP contribution < -0.4 is 5.32 Å². The third-order valence-electron chi connectivity index (χ3n) is 4.77. The summed E-state index contributed by atoms with van der Waals surface area (Å²) in [5.41, 5.74) is 2.45. The predicted octanol–water partition coefficient (Wildman–Crippen LogP) is 4.21. The lowest BCUT2D eigenvalue weighted by molar-refractivity contribution is 0.379. The molecule has 0 radical (unpaired) electrons. The first-order valence-electron chi connectivity index (χ1n) is 8.21. The summed E-state index contributed by atoms with van der Waals surface area (Å²) < 4.78 is 3.63. The minimum Gasteiger partial charge on any atom is -0.325 e. The van der Waals surface area contributed by atoms with Gasteiger partial charge in [0.25, 0.3) is 0 Å². The lowest BCUT2D eigenvalue weighted by Gasteiger charge is -2.23. The maximum atomic E-state index is 4.92. The summed E-state index contributed by atoms with van der Waals surface area (Å²) in [6.45, 7) is 1.19. The van der Waals surface area contributed by atoms with Crippen LogP contribution in [0.2, 0.25) is 0 Å². The number of fused-ring (bicyclic) bond motifs is 1. The van der Waals surface area contributed by atoms with E-state index < -0.39 is 0 Å². The zero-order chi connectivity index (χ0) is 14.2. The van der Waals surface area contributed by atoms with E-state index >= 15 is 0 Å². The number of imidazole rings is 1. The monoisotopic (exact) mass is 347 g/mol. The maximum absolute atomic E-state index is 4.92. The Labute approximate surface area is 134 Å². The van der Waals surface area contributed by atoms with Crippen LogP contribution in [-0.4, -0.2) is 22.1 Å². The summed E-state index contributed by atoms with van der Waals surface area (Å²) in [7, 11) is 0. The average molecular weight is 348 g/mol. The molecule has 2 fully saturated rings. The van der Waals surface area contributed by atoms with Gasteiger partial charge in [-0.2, -0.15) is 0 Å². The van der Waals surface area contributed by atoms with E-state index in [1.54, 1.807) is 0 Å². The Morgan fingerprint density at radius 1 is 1.24 bits per heavy atom. The van der Waals surface area contributed by atoms with E-state index in [-0.39, 0.29) is 0 Å². The van der Waals surface area contributed by atoms with Crippen molar-refractivity contribution in [2.24, 2.45) is 0 Å². The predicted molar refractivity (Wildman–Crippen MR) is 89.7 cm³/mol. The zero-order valence-corrected chi connectivity index (χ0v) is 13.9. The van der Waals surface area contributed by atoms with Crippen molar-refractivity contribution in [2.45, 2.75) is 57.0 Å². The molecule has 1 atom stereocenters. The summed E-state index contributed by atoms with van der Waals surface area (Å²) in [6, 6.07) is 7.89. The minimum absolute atomic E-state index is 0.693. The second-order valence-corrected chi connectivity index (χ2v) is 7.36. The molecule has 1 saturated carbocycles. The summed E-state index contributed by atoms with van der Waals surface area (Å²) in [4.78, 5) is 4.92. The van der Waals surface area contributed by atoms with Gasteiger partial charge in [0.2, 0.25) is 0 Å². The summed E-state index contributed by atoms with van der Waals surface area (Å²) >= 11 is 3.56. The standard InChI is InChI=1S/C17H22BrN3/c18-12-4-8-16-15(11-12)20-17(21(16)14-6-7-14)9-5-13-3-1-2-10-19-13/h4,8,11,13-14,19H,1-3,5-7,9-10H2. The van der Waals surface area contributed by atoms with E-state index in [1.165, 1.54) is 56.4 Å². The van der Waals surface area contributed by atoms with Crippen LogP contribution in [0.5, 0.6) is 0 Å². The van der Waals surface area contributed by atoms with Gasteiger partial charge in [-0.15, -0.1) is 0 Å².